The van der Waals surface area contributed by atoms with Gasteiger partial charge in [0, 0.05) is 25.4 Å². The normalized spacial score (nSPS) is 16.6. The zero-order valence-corrected chi connectivity index (χ0v) is 16.9. The van der Waals surface area contributed by atoms with E-state index in [-0.39, 0.29) is 11.6 Å². The van der Waals surface area contributed by atoms with Gasteiger partial charge in [-0.15, -0.1) is 0 Å². The Morgan fingerprint density at radius 3 is 2.80 bits per heavy atom. The lowest BCUT2D eigenvalue weighted by Gasteiger charge is -2.06. The molecule has 3 heterocycles. The molecule has 1 fully saturated rings. The SMILES string of the molecule is Cc1ccc(-c2ccc(/C=C3/S/C(=N/c4ccccn4)N(C)C3=O)o2)c([N+](=O)[O-])c1. The van der Waals surface area contributed by atoms with Crippen LogP contribution in [0.15, 0.2) is 69.0 Å². The number of nitro benzene ring substituents is 1. The minimum Gasteiger partial charge on any atom is -0.456 e. The Labute approximate surface area is 176 Å². The van der Waals surface area contributed by atoms with Crippen LogP contribution in [0.4, 0.5) is 11.5 Å². The number of aryl methyl sites for hydroxylation is 1. The number of carbonyl (C=O) groups is 1. The number of benzene rings is 1. The number of amidine groups is 1. The van der Waals surface area contributed by atoms with Crippen molar-refractivity contribution in [2.45, 2.75) is 6.92 Å². The maximum atomic E-state index is 12.6. The van der Waals surface area contributed by atoms with Gasteiger partial charge < -0.3 is 4.42 Å². The Bertz CT molecular complexity index is 1200. The van der Waals surface area contributed by atoms with E-state index in [0.717, 1.165) is 5.56 Å². The number of rotatable bonds is 4. The van der Waals surface area contributed by atoms with Gasteiger partial charge in [0.15, 0.2) is 11.0 Å². The number of nitrogens with zero attached hydrogens (tertiary/aromatic N) is 4. The summed E-state index contributed by atoms with van der Waals surface area (Å²) in [6, 6.07) is 13.6. The molecule has 4 rings (SSSR count). The van der Waals surface area contributed by atoms with Crippen LogP contribution in [0.5, 0.6) is 0 Å². The summed E-state index contributed by atoms with van der Waals surface area (Å²) in [4.78, 5) is 33.9. The van der Waals surface area contributed by atoms with Crippen molar-refractivity contribution in [2.24, 2.45) is 4.99 Å². The minimum absolute atomic E-state index is 0.0283. The second-order valence-corrected chi connectivity index (χ2v) is 7.55. The third-order valence-electron chi connectivity index (χ3n) is 4.38. The van der Waals surface area contributed by atoms with Crippen molar-refractivity contribution >= 4 is 40.4 Å². The van der Waals surface area contributed by atoms with E-state index in [1.54, 1.807) is 62.6 Å². The first kappa shape index (κ1) is 19.6. The average molecular weight is 420 g/mol. The summed E-state index contributed by atoms with van der Waals surface area (Å²) >= 11 is 1.21. The molecular weight excluding hydrogens is 404 g/mol. The first-order valence-electron chi connectivity index (χ1n) is 8.95. The molecule has 0 spiro atoms. The highest BCUT2D eigenvalue weighted by molar-refractivity contribution is 8.18. The molecule has 0 radical (unpaired) electrons. The molecule has 0 unspecified atom stereocenters. The van der Waals surface area contributed by atoms with Gasteiger partial charge in [-0.05, 0) is 54.6 Å². The molecule has 1 aliphatic rings. The maximum Gasteiger partial charge on any atom is 0.280 e. The van der Waals surface area contributed by atoms with Crippen molar-refractivity contribution in [1.29, 1.82) is 0 Å². The van der Waals surface area contributed by atoms with Gasteiger partial charge in [-0.1, -0.05) is 12.1 Å². The largest absolute Gasteiger partial charge is 0.456 e. The number of pyridine rings is 1. The quantitative estimate of drug-likeness (QED) is 0.342. The van der Waals surface area contributed by atoms with Gasteiger partial charge in [0.25, 0.3) is 11.6 Å². The predicted octanol–water partition coefficient (Wildman–Crippen LogP) is 4.79. The number of furan rings is 1. The zero-order chi connectivity index (χ0) is 21.3. The molecule has 0 bridgehead atoms. The zero-order valence-electron chi connectivity index (χ0n) is 16.1. The van der Waals surface area contributed by atoms with Crippen LogP contribution in [0, 0.1) is 17.0 Å². The van der Waals surface area contributed by atoms with Crippen molar-refractivity contribution in [1.82, 2.24) is 9.88 Å². The van der Waals surface area contributed by atoms with Crippen LogP contribution in [0.1, 0.15) is 11.3 Å². The van der Waals surface area contributed by atoms with Gasteiger partial charge in [-0.2, -0.15) is 0 Å². The van der Waals surface area contributed by atoms with Gasteiger partial charge in [0.2, 0.25) is 0 Å². The number of nitro groups is 1. The molecular formula is C21H16N4O4S. The Morgan fingerprint density at radius 2 is 2.07 bits per heavy atom. The summed E-state index contributed by atoms with van der Waals surface area (Å²) in [7, 11) is 1.64. The lowest BCUT2D eigenvalue weighted by molar-refractivity contribution is -0.384. The summed E-state index contributed by atoms with van der Waals surface area (Å²) in [6.45, 7) is 1.79. The first-order valence-corrected chi connectivity index (χ1v) is 9.76. The van der Waals surface area contributed by atoms with Crippen LogP contribution >= 0.6 is 11.8 Å². The summed E-state index contributed by atoms with van der Waals surface area (Å²) in [5.74, 6) is 1.07. The fourth-order valence-electron chi connectivity index (χ4n) is 2.87. The number of aromatic nitrogens is 1. The van der Waals surface area contributed by atoms with E-state index >= 15 is 0 Å². The van der Waals surface area contributed by atoms with E-state index in [9.17, 15) is 14.9 Å². The molecule has 2 aromatic heterocycles. The van der Waals surface area contributed by atoms with E-state index in [0.29, 0.717) is 33.0 Å². The van der Waals surface area contributed by atoms with Crippen LogP contribution in [0.3, 0.4) is 0 Å². The van der Waals surface area contributed by atoms with Crippen LogP contribution in [0.2, 0.25) is 0 Å². The fraction of sp³-hybridized carbons (Fsp3) is 0.0952. The summed E-state index contributed by atoms with van der Waals surface area (Å²) in [5, 5.41) is 11.9. The Hall–Kier alpha value is -3.72. The first-order chi connectivity index (χ1) is 14.4. The van der Waals surface area contributed by atoms with Gasteiger partial charge in [-0.25, -0.2) is 9.98 Å². The summed E-state index contributed by atoms with van der Waals surface area (Å²) < 4.78 is 5.78. The number of likely N-dealkylation sites (N-methyl/N-ethyl adjacent to an activating group) is 1. The molecule has 1 amide bonds. The molecule has 3 aromatic rings. The standard InChI is InChI=1S/C21H16N4O4S/c1-13-6-8-15(16(11-13)25(27)28)17-9-7-14(29-17)12-18-20(26)24(2)21(30-18)23-19-5-3-4-10-22-19/h3-12H,1-2H3/b18-12+,23-21+. The van der Waals surface area contributed by atoms with Crippen molar-refractivity contribution in [2.75, 3.05) is 7.05 Å². The predicted molar refractivity (Wildman–Crippen MR) is 115 cm³/mol. The second kappa shape index (κ2) is 7.96. The molecule has 1 aliphatic heterocycles. The Morgan fingerprint density at radius 1 is 1.23 bits per heavy atom. The fourth-order valence-corrected chi connectivity index (χ4v) is 3.83. The Kier molecular flexibility index (Phi) is 5.20. The average Bonchev–Trinajstić information content (AvgIpc) is 3.29. The van der Waals surface area contributed by atoms with E-state index in [2.05, 4.69) is 9.98 Å². The second-order valence-electron chi connectivity index (χ2n) is 6.54. The minimum atomic E-state index is -0.436. The molecule has 30 heavy (non-hydrogen) atoms. The summed E-state index contributed by atoms with van der Waals surface area (Å²) in [6.07, 6.45) is 3.24. The van der Waals surface area contributed by atoms with Gasteiger partial charge in [-0.3, -0.25) is 19.8 Å². The van der Waals surface area contributed by atoms with Crippen LogP contribution in [0.25, 0.3) is 17.4 Å². The number of thioether (sulfide) groups is 1. The topological polar surface area (TPSA) is 102 Å². The highest BCUT2D eigenvalue weighted by Crippen LogP contribution is 2.35. The Balaban J connectivity index is 1.63. The van der Waals surface area contributed by atoms with Crippen molar-refractivity contribution < 1.29 is 14.1 Å². The van der Waals surface area contributed by atoms with Crippen LogP contribution in [-0.2, 0) is 4.79 Å². The molecule has 1 aromatic carbocycles. The third kappa shape index (κ3) is 3.87. The highest BCUT2D eigenvalue weighted by Gasteiger charge is 2.31. The number of aliphatic imine (C=N–C) groups is 1. The monoisotopic (exact) mass is 420 g/mol. The van der Waals surface area contributed by atoms with Crippen molar-refractivity contribution in [3.05, 3.63) is 81.1 Å². The maximum absolute atomic E-state index is 12.6. The summed E-state index contributed by atoms with van der Waals surface area (Å²) in [5.41, 5.74) is 1.14. The molecule has 0 saturated carbocycles. The number of carbonyl (C=O) groups excluding carboxylic acids is 1. The van der Waals surface area contributed by atoms with Crippen molar-refractivity contribution in [3.8, 4) is 11.3 Å². The molecule has 1 saturated heterocycles. The van der Waals surface area contributed by atoms with Gasteiger partial charge >= 0.3 is 0 Å². The molecule has 0 atom stereocenters. The molecule has 0 N–H and O–H groups in total. The third-order valence-corrected chi connectivity index (χ3v) is 5.44. The molecule has 0 aliphatic carbocycles. The van der Waals surface area contributed by atoms with Crippen molar-refractivity contribution in [3.63, 3.8) is 0 Å². The lowest BCUT2D eigenvalue weighted by Crippen LogP contribution is -2.23. The van der Waals surface area contributed by atoms with Gasteiger partial charge in [0.05, 0.1) is 15.4 Å². The van der Waals surface area contributed by atoms with Crippen LogP contribution in [-0.4, -0.2) is 32.9 Å². The number of hydrogen-bond donors (Lipinski definition) is 0. The van der Waals surface area contributed by atoms with E-state index in [1.807, 2.05) is 6.07 Å². The smallest absolute Gasteiger partial charge is 0.280 e. The lowest BCUT2D eigenvalue weighted by atomic mass is 10.1. The van der Waals surface area contributed by atoms with E-state index in [4.69, 9.17) is 4.42 Å². The van der Waals surface area contributed by atoms with E-state index in [1.165, 1.54) is 22.7 Å². The van der Waals surface area contributed by atoms with E-state index < -0.39 is 4.92 Å². The molecule has 150 valence electrons. The number of hydrogen-bond acceptors (Lipinski definition) is 7. The number of amides is 1. The van der Waals surface area contributed by atoms with Gasteiger partial charge in [0.1, 0.15) is 11.5 Å². The molecule has 9 heteroatoms. The highest BCUT2D eigenvalue weighted by atomic mass is 32.2. The molecule has 8 nitrogen and oxygen atoms in total. The van der Waals surface area contributed by atoms with Crippen LogP contribution < -0.4 is 0 Å².